The van der Waals surface area contributed by atoms with Crippen LogP contribution in [0.1, 0.15) is 30.6 Å². The first-order valence-electron chi connectivity index (χ1n) is 3.93. The summed E-state index contributed by atoms with van der Waals surface area (Å²) in [5, 5.41) is 8.83. The van der Waals surface area contributed by atoms with Crippen LogP contribution in [0, 0.1) is 6.92 Å². The lowest BCUT2D eigenvalue weighted by molar-refractivity contribution is -0.138. The molecule has 0 aliphatic carbocycles. The first-order chi connectivity index (χ1) is 5.66. The highest BCUT2D eigenvalue weighted by Gasteiger charge is 2.20. The van der Waals surface area contributed by atoms with Crippen LogP contribution in [0.3, 0.4) is 0 Å². The van der Waals surface area contributed by atoms with Crippen molar-refractivity contribution in [3.8, 4) is 0 Å². The highest BCUT2D eigenvalue weighted by Crippen LogP contribution is 2.23. The molecule has 1 unspecified atom stereocenters. The number of hydrogen-bond donors (Lipinski definition) is 1. The minimum Gasteiger partial charge on any atom is -0.481 e. The summed E-state index contributed by atoms with van der Waals surface area (Å²) in [6.07, 6.45) is 2.12. The lowest BCUT2D eigenvalue weighted by Crippen LogP contribution is -2.10. The van der Waals surface area contributed by atoms with Crippen molar-refractivity contribution in [1.29, 1.82) is 0 Å². The summed E-state index contributed by atoms with van der Waals surface area (Å²) in [6, 6.07) is 1.72. The Bertz CT molecular complexity index is 275. The zero-order valence-corrected chi connectivity index (χ0v) is 7.20. The molecule has 0 spiro atoms. The van der Waals surface area contributed by atoms with Gasteiger partial charge in [-0.1, -0.05) is 6.92 Å². The predicted octanol–water partition coefficient (Wildman–Crippen LogP) is 2.17. The van der Waals surface area contributed by atoms with Crippen LogP contribution in [0.4, 0.5) is 0 Å². The highest BCUT2D eigenvalue weighted by molar-refractivity contribution is 5.76. The van der Waals surface area contributed by atoms with Gasteiger partial charge in [0.15, 0.2) is 0 Å². The van der Waals surface area contributed by atoms with Crippen molar-refractivity contribution in [3.05, 3.63) is 23.7 Å². The topological polar surface area (TPSA) is 50.4 Å². The maximum absolute atomic E-state index is 10.7. The van der Waals surface area contributed by atoms with Crippen LogP contribution in [0.2, 0.25) is 0 Å². The number of aliphatic carboxylic acids is 1. The molecule has 1 rings (SSSR count). The van der Waals surface area contributed by atoms with E-state index in [1.54, 1.807) is 13.0 Å². The van der Waals surface area contributed by atoms with Gasteiger partial charge >= 0.3 is 5.97 Å². The largest absolute Gasteiger partial charge is 0.481 e. The van der Waals surface area contributed by atoms with E-state index >= 15 is 0 Å². The molecule has 0 bridgehead atoms. The summed E-state index contributed by atoms with van der Waals surface area (Å²) < 4.78 is 5.03. The Labute approximate surface area is 71.0 Å². The summed E-state index contributed by atoms with van der Waals surface area (Å²) in [5.74, 6) is -0.519. The predicted molar refractivity (Wildman–Crippen MR) is 44.1 cm³/mol. The molecule has 66 valence electrons. The molecule has 0 radical (unpaired) electrons. The van der Waals surface area contributed by atoms with Gasteiger partial charge < -0.3 is 9.52 Å². The van der Waals surface area contributed by atoms with Crippen LogP contribution in [0.25, 0.3) is 0 Å². The molecular weight excluding hydrogens is 156 g/mol. The molecular formula is C9H12O3. The molecule has 1 N–H and O–H groups in total. The maximum Gasteiger partial charge on any atom is 0.311 e. The molecule has 0 fully saturated rings. The van der Waals surface area contributed by atoms with E-state index in [0.29, 0.717) is 12.2 Å². The molecule has 1 atom stereocenters. The zero-order valence-electron chi connectivity index (χ0n) is 7.20. The average Bonchev–Trinajstić information content (AvgIpc) is 2.38. The van der Waals surface area contributed by atoms with Crippen LogP contribution in [0.15, 0.2) is 16.7 Å². The SMILES string of the molecule is CCC(C(=O)O)c1ccoc1C. The third-order valence-corrected chi connectivity index (χ3v) is 1.98. The van der Waals surface area contributed by atoms with Crippen molar-refractivity contribution in [3.63, 3.8) is 0 Å². The first kappa shape index (κ1) is 8.84. The second kappa shape index (κ2) is 3.43. The number of carbonyl (C=O) groups is 1. The molecule has 0 saturated carbocycles. The Hall–Kier alpha value is -1.25. The molecule has 12 heavy (non-hydrogen) atoms. The number of furan rings is 1. The third kappa shape index (κ3) is 1.49. The first-order valence-corrected chi connectivity index (χ1v) is 3.93. The molecule has 1 aromatic rings. The standard InChI is InChI=1S/C9H12O3/c1-3-7(9(10)11)8-4-5-12-6(8)2/h4-5,7H,3H2,1-2H3,(H,10,11). The van der Waals surface area contributed by atoms with Crippen LogP contribution < -0.4 is 0 Å². The number of aryl methyl sites for hydroxylation is 1. The molecule has 0 amide bonds. The quantitative estimate of drug-likeness (QED) is 0.752. The van der Waals surface area contributed by atoms with Gasteiger partial charge in [-0.2, -0.15) is 0 Å². The monoisotopic (exact) mass is 168 g/mol. The van der Waals surface area contributed by atoms with E-state index in [-0.39, 0.29) is 0 Å². The van der Waals surface area contributed by atoms with E-state index in [4.69, 9.17) is 9.52 Å². The maximum atomic E-state index is 10.7. The normalized spacial score (nSPS) is 12.8. The molecule has 0 saturated heterocycles. The van der Waals surface area contributed by atoms with Gasteiger partial charge in [0.25, 0.3) is 0 Å². The Kier molecular flexibility index (Phi) is 2.53. The second-order valence-corrected chi connectivity index (χ2v) is 2.73. The second-order valence-electron chi connectivity index (χ2n) is 2.73. The van der Waals surface area contributed by atoms with Gasteiger partial charge in [0.05, 0.1) is 12.2 Å². The Balaban J connectivity index is 2.94. The van der Waals surface area contributed by atoms with Gasteiger partial charge in [-0.25, -0.2) is 0 Å². The van der Waals surface area contributed by atoms with Gasteiger partial charge in [0.2, 0.25) is 0 Å². The van der Waals surface area contributed by atoms with Gasteiger partial charge in [0.1, 0.15) is 5.76 Å². The molecule has 0 aliphatic rings. The Morgan fingerprint density at radius 1 is 1.75 bits per heavy atom. The van der Waals surface area contributed by atoms with Gasteiger partial charge in [-0.3, -0.25) is 4.79 Å². The summed E-state index contributed by atoms with van der Waals surface area (Å²) in [5.41, 5.74) is 0.782. The van der Waals surface area contributed by atoms with Crippen molar-refractivity contribution in [2.45, 2.75) is 26.2 Å². The van der Waals surface area contributed by atoms with Crippen LogP contribution in [-0.2, 0) is 4.79 Å². The molecule has 3 nitrogen and oxygen atoms in total. The van der Waals surface area contributed by atoms with Crippen molar-refractivity contribution < 1.29 is 14.3 Å². The molecule has 1 heterocycles. The zero-order chi connectivity index (χ0) is 9.14. The molecule has 3 heteroatoms. The Morgan fingerprint density at radius 2 is 2.42 bits per heavy atom. The van der Waals surface area contributed by atoms with E-state index in [1.165, 1.54) is 6.26 Å². The van der Waals surface area contributed by atoms with Gasteiger partial charge in [0, 0.05) is 5.56 Å². The van der Waals surface area contributed by atoms with Gasteiger partial charge in [-0.15, -0.1) is 0 Å². The van der Waals surface area contributed by atoms with Crippen molar-refractivity contribution >= 4 is 5.97 Å². The lowest BCUT2D eigenvalue weighted by atomic mass is 9.97. The molecule has 0 aliphatic heterocycles. The van der Waals surface area contributed by atoms with Gasteiger partial charge in [-0.05, 0) is 19.4 Å². The van der Waals surface area contributed by atoms with E-state index in [2.05, 4.69) is 0 Å². The van der Waals surface area contributed by atoms with Crippen LogP contribution in [0.5, 0.6) is 0 Å². The number of carboxylic acids is 1. The highest BCUT2D eigenvalue weighted by atomic mass is 16.4. The fraction of sp³-hybridized carbons (Fsp3) is 0.444. The molecule has 1 aromatic heterocycles. The summed E-state index contributed by atoms with van der Waals surface area (Å²) >= 11 is 0. The smallest absolute Gasteiger partial charge is 0.311 e. The van der Waals surface area contributed by atoms with E-state index in [0.717, 1.165) is 5.56 Å². The Morgan fingerprint density at radius 3 is 2.75 bits per heavy atom. The molecule has 0 aromatic carbocycles. The fourth-order valence-electron chi connectivity index (χ4n) is 1.28. The average molecular weight is 168 g/mol. The summed E-state index contributed by atoms with van der Waals surface area (Å²) in [4.78, 5) is 10.7. The fourth-order valence-corrected chi connectivity index (χ4v) is 1.28. The number of rotatable bonds is 3. The van der Waals surface area contributed by atoms with Crippen molar-refractivity contribution in [2.24, 2.45) is 0 Å². The summed E-state index contributed by atoms with van der Waals surface area (Å²) in [7, 11) is 0. The van der Waals surface area contributed by atoms with E-state index in [9.17, 15) is 4.79 Å². The minimum atomic E-state index is -0.790. The van der Waals surface area contributed by atoms with Crippen molar-refractivity contribution in [1.82, 2.24) is 0 Å². The summed E-state index contributed by atoms with van der Waals surface area (Å²) in [6.45, 7) is 3.63. The van der Waals surface area contributed by atoms with E-state index < -0.39 is 11.9 Å². The van der Waals surface area contributed by atoms with E-state index in [1.807, 2.05) is 6.92 Å². The number of hydrogen-bond acceptors (Lipinski definition) is 2. The minimum absolute atomic E-state index is 0.427. The third-order valence-electron chi connectivity index (χ3n) is 1.98. The van der Waals surface area contributed by atoms with Crippen molar-refractivity contribution in [2.75, 3.05) is 0 Å². The van der Waals surface area contributed by atoms with Crippen LogP contribution in [-0.4, -0.2) is 11.1 Å². The lowest BCUT2D eigenvalue weighted by Gasteiger charge is -2.07. The number of carboxylic acid groups (broad SMARTS) is 1. The van der Waals surface area contributed by atoms with Crippen LogP contribution >= 0.6 is 0 Å².